The number of amides is 2. The highest BCUT2D eigenvalue weighted by atomic mass is 35.5. The van der Waals surface area contributed by atoms with Crippen LogP contribution in [0.5, 0.6) is 0 Å². The number of benzene rings is 2. The normalized spacial score (nSPS) is 10.7. The molecule has 0 saturated heterocycles. The summed E-state index contributed by atoms with van der Waals surface area (Å²) in [6.45, 7) is 5.86. The topological polar surface area (TPSA) is 112 Å². The van der Waals surface area contributed by atoms with E-state index in [2.05, 4.69) is 16.9 Å². The Morgan fingerprint density at radius 1 is 1.11 bits per heavy atom. The van der Waals surface area contributed by atoms with Gasteiger partial charge in [0.15, 0.2) is 0 Å². The third-order valence-corrected chi connectivity index (χ3v) is 5.63. The second-order valence-corrected chi connectivity index (χ2v) is 8.56. The van der Waals surface area contributed by atoms with Crippen LogP contribution in [0.4, 0.5) is 5.69 Å². The summed E-state index contributed by atoms with van der Waals surface area (Å²) in [5.74, 6) is -0.495. The third kappa shape index (κ3) is 7.13. The number of hydrogen-bond acceptors (Lipinski definition) is 5. The minimum absolute atomic E-state index is 0.00760. The number of nitrogens with one attached hydrogen (secondary N) is 2. The van der Waals surface area contributed by atoms with E-state index < -0.39 is 0 Å². The number of anilines is 1. The predicted molar refractivity (Wildman–Crippen MR) is 144 cm³/mol. The SMILES string of the molecule is C=CC(=O)N(/C=C\C)Cc1ccc(Cc2cncc(C(=O)NCC(=N)c3cc(Cl)ccc3N)c2)cc1. The van der Waals surface area contributed by atoms with Gasteiger partial charge >= 0.3 is 0 Å². The number of nitrogen functional groups attached to an aromatic ring is 1. The maximum atomic E-state index is 12.7. The Bertz CT molecular complexity index is 1300. The largest absolute Gasteiger partial charge is 0.398 e. The summed E-state index contributed by atoms with van der Waals surface area (Å²) in [6, 6.07) is 14.6. The van der Waals surface area contributed by atoms with Gasteiger partial charge < -0.3 is 21.4 Å². The van der Waals surface area contributed by atoms with Gasteiger partial charge in [-0.1, -0.05) is 48.5 Å². The number of nitrogens with two attached hydrogens (primary N) is 1. The number of nitrogens with zero attached hydrogens (tertiary/aromatic N) is 2. The summed E-state index contributed by atoms with van der Waals surface area (Å²) in [6.07, 6.45) is 8.63. The summed E-state index contributed by atoms with van der Waals surface area (Å²) in [5.41, 5.74) is 10.3. The average Bonchev–Trinajstić information content (AvgIpc) is 2.89. The molecule has 0 saturated carbocycles. The van der Waals surface area contributed by atoms with E-state index in [1.807, 2.05) is 37.3 Å². The van der Waals surface area contributed by atoms with Gasteiger partial charge in [0.2, 0.25) is 5.91 Å². The van der Waals surface area contributed by atoms with E-state index in [-0.39, 0.29) is 24.1 Å². The van der Waals surface area contributed by atoms with Crippen LogP contribution < -0.4 is 11.1 Å². The molecular weight excluding hydrogens is 474 g/mol. The molecule has 0 radical (unpaired) electrons. The standard InChI is InChI=1S/C28H28ClN5O2/c1-3-11-34(27(35)4-2)18-20-7-5-19(6-8-20)12-21-13-22(16-32-15-21)28(36)33-17-26(31)24-14-23(29)9-10-25(24)30/h3-11,13-16,31H,2,12,17-18,30H2,1H3,(H,33,36)/b11-3-,31-26?. The van der Waals surface area contributed by atoms with Crippen molar-refractivity contribution < 1.29 is 9.59 Å². The molecule has 0 atom stereocenters. The smallest absolute Gasteiger partial charge is 0.253 e. The quantitative estimate of drug-likeness (QED) is 0.211. The van der Waals surface area contributed by atoms with Crippen LogP contribution in [0.1, 0.15) is 39.5 Å². The Morgan fingerprint density at radius 2 is 1.83 bits per heavy atom. The highest BCUT2D eigenvalue weighted by Crippen LogP contribution is 2.18. The van der Waals surface area contributed by atoms with Crippen molar-refractivity contribution in [3.8, 4) is 0 Å². The molecule has 2 amide bonds. The molecule has 4 N–H and O–H groups in total. The number of pyridine rings is 1. The van der Waals surface area contributed by atoms with Gasteiger partial charge in [-0.3, -0.25) is 14.6 Å². The first-order valence-corrected chi connectivity index (χ1v) is 11.7. The molecule has 1 heterocycles. The third-order valence-electron chi connectivity index (χ3n) is 5.39. The molecule has 184 valence electrons. The van der Waals surface area contributed by atoms with Crippen molar-refractivity contribution in [2.24, 2.45) is 0 Å². The minimum atomic E-state index is -0.332. The van der Waals surface area contributed by atoms with E-state index in [4.69, 9.17) is 22.7 Å². The van der Waals surface area contributed by atoms with E-state index in [0.717, 1.165) is 16.7 Å². The first kappa shape index (κ1) is 26.4. The highest BCUT2D eigenvalue weighted by Gasteiger charge is 2.12. The fourth-order valence-corrected chi connectivity index (χ4v) is 3.73. The summed E-state index contributed by atoms with van der Waals surface area (Å²) in [7, 11) is 0. The van der Waals surface area contributed by atoms with Gasteiger partial charge in [0, 0.05) is 34.9 Å². The molecule has 0 bridgehead atoms. The first-order valence-electron chi connectivity index (χ1n) is 11.3. The summed E-state index contributed by atoms with van der Waals surface area (Å²) >= 11 is 6.00. The van der Waals surface area contributed by atoms with Gasteiger partial charge in [-0.15, -0.1) is 0 Å². The maximum absolute atomic E-state index is 12.7. The van der Waals surface area contributed by atoms with Crippen LogP contribution in [0.3, 0.4) is 0 Å². The number of rotatable bonds is 10. The molecule has 3 aromatic rings. The Balaban J connectivity index is 1.62. The molecule has 0 aliphatic carbocycles. The number of aromatic nitrogens is 1. The minimum Gasteiger partial charge on any atom is -0.398 e. The highest BCUT2D eigenvalue weighted by molar-refractivity contribution is 6.31. The first-order chi connectivity index (χ1) is 17.3. The van der Waals surface area contributed by atoms with Crippen molar-refractivity contribution in [2.75, 3.05) is 12.3 Å². The fraction of sp³-hybridized carbons (Fsp3) is 0.143. The fourth-order valence-electron chi connectivity index (χ4n) is 3.56. The van der Waals surface area contributed by atoms with Gasteiger partial charge in [0.25, 0.3) is 5.91 Å². The zero-order valence-electron chi connectivity index (χ0n) is 20.0. The molecule has 0 spiro atoms. The van der Waals surface area contributed by atoms with E-state index in [9.17, 15) is 9.59 Å². The molecule has 0 aliphatic rings. The van der Waals surface area contributed by atoms with E-state index in [1.165, 1.54) is 12.3 Å². The van der Waals surface area contributed by atoms with Crippen LogP contribution in [-0.2, 0) is 17.8 Å². The molecule has 2 aromatic carbocycles. The number of carbonyl (C=O) groups excluding carboxylic acids is 2. The second-order valence-electron chi connectivity index (χ2n) is 8.12. The zero-order chi connectivity index (χ0) is 26.1. The van der Waals surface area contributed by atoms with Gasteiger partial charge in [-0.25, -0.2) is 0 Å². The lowest BCUT2D eigenvalue weighted by Crippen LogP contribution is -2.30. The van der Waals surface area contributed by atoms with Crippen LogP contribution in [-0.4, -0.2) is 34.0 Å². The molecule has 0 unspecified atom stereocenters. The van der Waals surface area contributed by atoms with Gasteiger partial charge in [0.05, 0.1) is 24.4 Å². The Labute approximate surface area is 215 Å². The predicted octanol–water partition coefficient (Wildman–Crippen LogP) is 4.75. The molecule has 1 aromatic heterocycles. The Morgan fingerprint density at radius 3 is 2.53 bits per heavy atom. The van der Waals surface area contributed by atoms with E-state index >= 15 is 0 Å². The van der Waals surface area contributed by atoms with Crippen molar-refractivity contribution in [1.82, 2.24) is 15.2 Å². The number of hydrogen-bond donors (Lipinski definition) is 3. The van der Waals surface area contributed by atoms with Crippen molar-refractivity contribution in [1.29, 1.82) is 5.41 Å². The van der Waals surface area contributed by atoms with Crippen molar-refractivity contribution in [3.63, 3.8) is 0 Å². The van der Waals surface area contributed by atoms with E-state index in [0.29, 0.717) is 34.8 Å². The van der Waals surface area contributed by atoms with Crippen LogP contribution in [0.2, 0.25) is 5.02 Å². The lowest BCUT2D eigenvalue weighted by atomic mass is 10.0. The van der Waals surface area contributed by atoms with Crippen LogP contribution in [0, 0.1) is 5.41 Å². The molecule has 3 rings (SSSR count). The number of allylic oxidation sites excluding steroid dienone is 1. The van der Waals surface area contributed by atoms with Crippen molar-refractivity contribution >= 4 is 34.8 Å². The summed E-state index contributed by atoms with van der Waals surface area (Å²) < 4.78 is 0. The van der Waals surface area contributed by atoms with Crippen molar-refractivity contribution in [3.05, 3.63) is 119 Å². The lowest BCUT2D eigenvalue weighted by Gasteiger charge is -2.16. The number of carbonyl (C=O) groups is 2. The monoisotopic (exact) mass is 501 g/mol. The van der Waals surface area contributed by atoms with Gasteiger partial charge in [0.1, 0.15) is 0 Å². The molecule has 0 fully saturated rings. The molecular formula is C28H28ClN5O2. The summed E-state index contributed by atoms with van der Waals surface area (Å²) in [4.78, 5) is 30.4. The average molecular weight is 502 g/mol. The second kappa shape index (κ2) is 12.5. The van der Waals surface area contributed by atoms with E-state index in [1.54, 1.807) is 41.6 Å². The Hall–Kier alpha value is -4.23. The summed E-state index contributed by atoms with van der Waals surface area (Å²) in [5, 5.41) is 11.4. The molecule has 8 heteroatoms. The molecule has 7 nitrogen and oxygen atoms in total. The zero-order valence-corrected chi connectivity index (χ0v) is 20.8. The van der Waals surface area contributed by atoms with Crippen LogP contribution in [0.25, 0.3) is 0 Å². The Kier molecular flexibility index (Phi) is 9.13. The number of halogens is 1. The molecule has 0 aliphatic heterocycles. The van der Waals surface area contributed by atoms with Gasteiger partial charge in [-0.05, 0) is 60.4 Å². The molecule has 36 heavy (non-hydrogen) atoms. The maximum Gasteiger partial charge on any atom is 0.253 e. The van der Waals surface area contributed by atoms with Crippen LogP contribution in [0.15, 0.2) is 85.9 Å². The van der Waals surface area contributed by atoms with Gasteiger partial charge in [-0.2, -0.15) is 0 Å². The lowest BCUT2D eigenvalue weighted by molar-refractivity contribution is -0.124. The van der Waals surface area contributed by atoms with Crippen molar-refractivity contribution in [2.45, 2.75) is 19.9 Å². The van der Waals surface area contributed by atoms with Crippen LogP contribution >= 0.6 is 11.6 Å².